The molecule has 0 N–H and O–H groups in total. The van der Waals surface area contributed by atoms with Gasteiger partial charge in [-0.2, -0.15) is 0 Å². The number of ether oxygens (including phenoxy) is 1. The lowest BCUT2D eigenvalue weighted by atomic mass is 9.71. The lowest BCUT2D eigenvalue weighted by Gasteiger charge is -2.46. The Balaban J connectivity index is 1.75. The van der Waals surface area contributed by atoms with Crippen LogP contribution in [0.1, 0.15) is 46.9 Å². The number of allylic oxidation sites excluding steroid dienone is 1. The predicted octanol–water partition coefficient (Wildman–Crippen LogP) is 5.60. The third-order valence-electron chi connectivity index (χ3n) is 6.74. The minimum atomic E-state index is -4.02. The lowest BCUT2D eigenvalue weighted by molar-refractivity contribution is -0.140. The Bertz CT molecular complexity index is 1330. The second kappa shape index (κ2) is 9.04. The summed E-state index contributed by atoms with van der Waals surface area (Å²) in [5.41, 5.74) is 3.30. The molecular formula is C27H27NO4S2. The van der Waals surface area contributed by atoms with Crippen molar-refractivity contribution in [2.45, 2.75) is 43.5 Å². The van der Waals surface area contributed by atoms with Crippen LogP contribution in [0.3, 0.4) is 0 Å². The van der Waals surface area contributed by atoms with Crippen LogP contribution < -0.4 is 0 Å². The molecule has 1 aliphatic heterocycles. The fourth-order valence-electron chi connectivity index (χ4n) is 5.15. The van der Waals surface area contributed by atoms with E-state index < -0.39 is 22.0 Å². The van der Waals surface area contributed by atoms with Crippen LogP contribution in [-0.2, 0) is 26.0 Å². The third kappa shape index (κ3) is 3.87. The van der Waals surface area contributed by atoms with Crippen LogP contribution in [0.4, 0.5) is 0 Å². The summed E-state index contributed by atoms with van der Waals surface area (Å²) in [6, 6.07) is 18.4. The molecule has 0 saturated carbocycles. The quantitative estimate of drug-likeness (QED) is 0.434. The van der Waals surface area contributed by atoms with Crippen LogP contribution in [0, 0.1) is 12.8 Å². The molecule has 0 fully saturated rings. The highest BCUT2D eigenvalue weighted by molar-refractivity contribution is 7.89. The van der Waals surface area contributed by atoms with Gasteiger partial charge in [0, 0.05) is 10.8 Å². The smallest absolute Gasteiger partial charge is 0.355 e. The maximum absolute atomic E-state index is 14.1. The summed E-state index contributed by atoms with van der Waals surface area (Å²) in [6.07, 6.45) is 3.55. The molecule has 7 heteroatoms. The molecule has 2 heterocycles. The molecule has 34 heavy (non-hydrogen) atoms. The number of carbonyl (C=O) groups excluding carboxylic acids is 1. The van der Waals surface area contributed by atoms with Gasteiger partial charge in [-0.25, -0.2) is 13.2 Å². The average molecular weight is 494 g/mol. The molecule has 0 spiro atoms. The Kier molecular flexibility index (Phi) is 6.08. The van der Waals surface area contributed by atoms with Gasteiger partial charge in [-0.15, -0.1) is 11.3 Å². The highest BCUT2D eigenvalue weighted by Crippen LogP contribution is 2.53. The van der Waals surface area contributed by atoms with Gasteiger partial charge in [0.2, 0.25) is 0 Å². The minimum Gasteiger partial charge on any atom is -0.461 e. The Morgan fingerprint density at radius 3 is 2.53 bits per heavy atom. The number of fused-ring (bicyclic) bond motifs is 3. The molecule has 2 aromatic carbocycles. The topological polar surface area (TPSA) is 63.7 Å². The largest absolute Gasteiger partial charge is 0.461 e. The van der Waals surface area contributed by atoms with Gasteiger partial charge in [0.15, 0.2) is 0 Å². The van der Waals surface area contributed by atoms with Crippen LogP contribution in [-0.4, -0.2) is 25.3 Å². The first-order valence-corrected chi connectivity index (χ1v) is 13.8. The number of esters is 1. The first-order chi connectivity index (χ1) is 16.4. The van der Waals surface area contributed by atoms with Gasteiger partial charge in [-0.3, -0.25) is 4.31 Å². The molecule has 5 nitrogen and oxygen atoms in total. The summed E-state index contributed by atoms with van der Waals surface area (Å²) in [6.45, 7) is 3.82. The number of sulfonamides is 1. The lowest BCUT2D eigenvalue weighted by Crippen LogP contribution is -2.46. The van der Waals surface area contributed by atoms with Crippen LogP contribution in [0.2, 0.25) is 0 Å². The molecule has 0 unspecified atom stereocenters. The number of hydrogen-bond acceptors (Lipinski definition) is 5. The van der Waals surface area contributed by atoms with Gasteiger partial charge in [-0.1, -0.05) is 48.0 Å². The highest BCUT2D eigenvalue weighted by atomic mass is 32.2. The van der Waals surface area contributed by atoms with Crippen molar-refractivity contribution in [3.05, 3.63) is 99.4 Å². The van der Waals surface area contributed by atoms with E-state index in [1.54, 1.807) is 42.5 Å². The predicted molar refractivity (Wildman–Crippen MR) is 133 cm³/mol. The summed E-state index contributed by atoms with van der Waals surface area (Å²) in [5.74, 6) is -0.696. The normalized spacial score (nSPS) is 21.9. The first kappa shape index (κ1) is 22.9. The minimum absolute atomic E-state index is 0.00644. The molecule has 0 amide bonds. The van der Waals surface area contributed by atoms with Crippen LogP contribution in [0.25, 0.3) is 0 Å². The zero-order chi connectivity index (χ0) is 23.9. The van der Waals surface area contributed by atoms with Crippen molar-refractivity contribution in [1.29, 1.82) is 0 Å². The van der Waals surface area contributed by atoms with E-state index in [9.17, 15) is 13.2 Å². The third-order valence-corrected chi connectivity index (χ3v) is 9.58. The van der Waals surface area contributed by atoms with E-state index in [4.69, 9.17) is 4.74 Å². The van der Waals surface area contributed by atoms with E-state index >= 15 is 0 Å². The van der Waals surface area contributed by atoms with E-state index in [-0.39, 0.29) is 29.0 Å². The average Bonchev–Trinajstić information content (AvgIpc) is 3.33. The number of hydrogen-bond donors (Lipinski definition) is 0. The zero-order valence-electron chi connectivity index (χ0n) is 19.2. The number of thiophene rings is 1. The maximum atomic E-state index is 14.1. The van der Waals surface area contributed by atoms with Gasteiger partial charge in [0.1, 0.15) is 5.70 Å². The van der Waals surface area contributed by atoms with Crippen molar-refractivity contribution < 1.29 is 17.9 Å². The molecule has 5 rings (SSSR count). The SMILES string of the molecule is CCOC(=O)C1=C[C@H](c2ccccc2)[C@H]2CCc3ccsc3[C@H]2N1S(=O)(=O)c1ccc(C)cc1. The van der Waals surface area contributed by atoms with Crippen molar-refractivity contribution in [2.75, 3.05) is 6.61 Å². The van der Waals surface area contributed by atoms with E-state index in [2.05, 4.69) is 18.2 Å². The fraction of sp³-hybridized carbons (Fsp3) is 0.296. The zero-order valence-corrected chi connectivity index (χ0v) is 20.8. The summed E-state index contributed by atoms with van der Waals surface area (Å²) < 4.78 is 35.0. The molecule has 0 radical (unpaired) electrons. The molecular weight excluding hydrogens is 466 g/mol. The van der Waals surface area contributed by atoms with Crippen LogP contribution in [0.5, 0.6) is 0 Å². The van der Waals surface area contributed by atoms with Crippen molar-refractivity contribution in [2.24, 2.45) is 5.92 Å². The van der Waals surface area contributed by atoms with Crippen LogP contribution in [0.15, 0.2) is 82.7 Å². The van der Waals surface area contributed by atoms with Crippen molar-refractivity contribution in [3.63, 3.8) is 0 Å². The molecule has 3 atom stereocenters. The molecule has 1 aliphatic carbocycles. The second-order valence-corrected chi connectivity index (χ2v) is 11.5. The van der Waals surface area contributed by atoms with Crippen molar-refractivity contribution in [3.8, 4) is 0 Å². The van der Waals surface area contributed by atoms with E-state index in [0.717, 1.165) is 34.4 Å². The van der Waals surface area contributed by atoms with E-state index in [1.165, 1.54) is 4.31 Å². The van der Waals surface area contributed by atoms with Crippen molar-refractivity contribution in [1.82, 2.24) is 4.31 Å². The monoisotopic (exact) mass is 493 g/mol. The summed E-state index contributed by atoms with van der Waals surface area (Å²) in [7, 11) is -4.02. The molecule has 0 bridgehead atoms. The number of carbonyl (C=O) groups is 1. The number of rotatable bonds is 5. The molecule has 1 aromatic heterocycles. The number of benzene rings is 2. The van der Waals surface area contributed by atoms with Crippen LogP contribution >= 0.6 is 11.3 Å². The van der Waals surface area contributed by atoms with Crippen molar-refractivity contribution >= 4 is 27.3 Å². The van der Waals surface area contributed by atoms with Gasteiger partial charge in [0.05, 0.1) is 17.5 Å². The molecule has 2 aliphatic rings. The Morgan fingerprint density at radius 1 is 1.09 bits per heavy atom. The summed E-state index contributed by atoms with van der Waals surface area (Å²) in [5, 5.41) is 2.02. The molecule has 3 aromatic rings. The Morgan fingerprint density at radius 2 is 1.82 bits per heavy atom. The number of nitrogens with zero attached hydrogens (tertiary/aromatic N) is 1. The van der Waals surface area contributed by atoms with E-state index in [0.29, 0.717) is 0 Å². The second-order valence-electron chi connectivity index (χ2n) is 8.78. The Labute approximate surface area is 204 Å². The van der Waals surface area contributed by atoms with Gasteiger partial charge in [0.25, 0.3) is 10.0 Å². The fourth-order valence-corrected chi connectivity index (χ4v) is 7.99. The Hall–Kier alpha value is -2.90. The highest BCUT2D eigenvalue weighted by Gasteiger charge is 2.49. The summed E-state index contributed by atoms with van der Waals surface area (Å²) in [4.78, 5) is 14.4. The standard InChI is InChI=1S/C27H27NO4S2/c1-3-32-27(29)24-17-23(19-7-5-4-6-8-19)22-14-11-20-15-16-33-26(20)25(22)28(24)34(30,31)21-12-9-18(2)10-13-21/h4-10,12-13,15-17,22-23,25H,3,11,14H2,1-2H3/t22-,23-,25+/m1/s1. The number of aryl methyl sites for hydroxylation is 2. The maximum Gasteiger partial charge on any atom is 0.355 e. The van der Waals surface area contributed by atoms with Gasteiger partial charge in [-0.05, 0) is 73.4 Å². The van der Waals surface area contributed by atoms with Gasteiger partial charge >= 0.3 is 5.97 Å². The molecule has 0 saturated heterocycles. The molecule has 176 valence electrons. The first-order valence-electron chi connectivity index (χ1n) is 11.5. The van der Waals surface area contributed by atoms with Gasteiger partial charge < -0.3 is 4.74 Å². The summed E-state index contributed by atoms with van der Waals surface area (Å²) >= 11 is 1.57. The van der Waals surface area contributed by atoms with E-state index in [1.807, 2.05) is 36.6 Å².